The highest BCUT2D eigenvalue weighted by Crippen LogP contribution is 2.35. The van der Waals surface area contributed by atoms with Crippen LogP contribution < -0.4 is 0 Å². The van der Waals surface area contributed by atoms with Gasteiger partial charge in [0.1, 0.15) is 0 Å². The zero-order valence-corrected chi connectivity index (χ0v) is 17.7. The fourth-order valence-electron chi connectivity index (χ4n) is 5.69. The Bertz CT molecular complexity index is 780. The molecule has 1 aromatic carbocycles. The van der Waals surface area contributed by atoms with Gasteiger partial charge in [-0.05, 0) is 48.6 Å². The van der Waals surface area contributed by atoms with Crippen molar-refractivity contribution in [3.63, 3.8) is 0 Å². The summed E-state index contributed by atoms with van der Waals surface area (Å²) in [5.41, 5.74) is 2.62. The second kappa shape index (κ2) is 8.52. The van der Waals surface area contributed by atoms with Gasteiger partial charge in [0, 0.05) is 32.2 Å². The van der Waals surface area contributed by atoms with E-state index in [-0.39, 0.29) is 6.04 Å². The van der Waals surface area contributed by atoms with Gasteiger partial charge in [0.05, 0.1) is 12.1 Å². The molecule has 1 aliphatic heterocycles. The van der Waals surface area contributed by atoms with Gasteiger partial charge in [-0.25, -0.2) is 4.68 Å². The number of hydrogen-bond acceptors (Lipinski definition) is 5. The van der Waals surface area contributed by atoms with Crippen molar-refractivity contribution in [2.75, 3.05) is 26.2 Å². The number of hydrogen-bond donors (Lipinski definition) is 0. The van der Waals surface area contributed by atoms with Crippen molar-refractivity contribution < 1.29 is 0 Å². The lowest BCUT2D eigenvalue weighted by Gasteiger charge is -2.41. The van der Waals surface area contributed by atoms with Crippen LogP contribution in [0, 0.1) is 6.92 Å². The molecule has 29 heavy (non-hydrogen) atoms. The Kier molecular flexibility index (Phi) is 5.64. The number of tetrazole rings is 1. The molecule has 1 atom stereocenters. The van der Waals surface area contributed by atoms with Gasteiger partial charge < -0.3 is 0 Å². The maximum absolute atomic E-state index is 4.58. The second-order valence-electron chi connectivity index (χ2n) is 9.24. The van der Waals surface area contributed by atoms with Gasteiger partial charge >= 0.3 is 0 Å². The molecule has 156 valence electrons. The molecule has 1 aromatic heterocycles. The van der Waals surface area contributed by atoms with E-state index in [1.54, 1.807) is 0 Å². The molecule has 0 bridgehead atoms. The number of aromatic nitrogens is 4. The molecule has 6 nitrogen and oxygen atoms in total. The van der Waals surface area contributed by atoms with Gasteiger partial charge in [-0.15, -0.1) is 5.10 Å². The molecule has 0 spiro atoms. The summed E-state index contributed by atoms with van der Waals surface area (Å²) in [6.07, 6.45) is 10.6. The number of benzene rings is 1. The highest BCUT2D eigenvalue weighted by molar-refractivity contribution is 5.28. The Morgan fingerprint density at radius 3 is 2.10 bits per heavy atom. The Morgan fingerprint density at radius 1 is 0.828 bits per heavy atom. The standard InChI is InChI=1S/C23H34N6/c1-18-10-12-19(13-11-18)22(23-24-25-26-29(23)21-8-4-5-9-21)28-16-14-27(15-17-28)20-6-2-3-7-20/h10-13,20-22H,2-9,14-17H2,1H3/t22-/m0/s1. The van der Waals surface area contributed by atoms with Crippen molar-refractivity contribution in [1.29, 1.82) is 0 Å². The third-order valence-electron chi connectivity index (χ3n) is 7.38. The average Bonchev–Trinajstić information content (AvgIpc) is 3.52. The quantitative estimate of drug-likeness (QED) is 0.773. The third kappa shape index (κ3) is 3.97. The molecule has 3 fully saturated rings. The summed E-state index contributed by atoms with van der Waals surface area (Å²) in [7, 11) is 0. The molecule has 3 aliphatic rings. The van der Waals surface area contributed by atoms with Gasteiger partial charge in [0.25, 0.3) is 0 Å². The van der Waals surface area contributed by atoms with Crippen LogP contribution in [0.3, 0.4) is 0 Å². The summed E-state index contributed by atoms with van der Waals surface area (Å²) in [6.45, 7) is 6.66. The number of nitrogens with zero attached hydrogens (tertiary/aromatic N) is 6. The second-order valence-corrected chi connectivity index (χ2v) is 9.24. The minimum atomic E-state index is 0.150. The normalized spacial score (nSPS) is 23.8. The lowest BCUT2D eigenvalue weighted by Crippen LogP contribution is -2.51. The minimum absolute atomic E-state index is 0.150. The van der Waals surface area contributed by atoms with Gasteiger partial charge in [-0.3, -0.25) is 9.80 Å². The molecule has 5 rings (SSSR count). The van der Waals surface area contributed by atoms with Crippen LogP contribution in [0.2, 0.25) is 0 Å². The van der Waals surface area contributed by atoms with Crippen LogP contribution in [0.25, 0.3) is 0 Å². The van der Waals surface area contributed by atoms with Crippen LogP contribution in [-0.4, -0.2) is 62.2 Å². The predicted molar refractivity (Wildman–Crippen MR) is 114 cm³/mol. The van der Waals surface area contributed by atoms with E-state index >= 15 is 0 Å². The van der Waals surface area contributed by atoms with E-state index in [1.165, 1.54) is 62.5 Å². The molecule has 2 heterocycles. The van der Waals surface area contributed by atoms with E-state index in [9.17, 15) is 0 Å². The Hall–Kier alpha value is -1.79. The molecular formula is C23H34N6. The van der Waals surface area contributed by atoms with Crippen LogP contribution in [0.1, 0.15) is 80.4 Å². The first-order valence-electron chi connectivity index (χ1n) is 11.6. The largest absolute Gasteiger partial charge is 0.298 e. The minimum Gasteiger partial charge on any atom is -0.298 e. The van der Waals surface area contributed by atoms with Gasteiger partial charge in [0.2, 0.25) is 0 Å². The fraction of sp³-hybridized carbons (Fsp3) is 0.696. The zero-order valence-electron chi connectivity index (χ0n) is 17.7. The third-order valence-corrected chi connectivity index (χ3v) is 7.38. The molecule has 2 saturated carbocycles. The molecule has 1 saturated heterocycles. The van der Waals surface area contributed by atoms with Crippen molar-refractivity contribution >= 4 is 0 Å². The first-order chi connectivity index (χ1) is 14.3. The highest BCUT2D eigenvalue weighted by atomic mass is 15.6. The summed E-state index contributed by atoms with van der Waals surface area (Å²) >= 11 is 0. The Morgan fingerprint density at radius 2 is 1.45 bits per heavy atom. The van der Waals surface area contributed by atoms with Crippen molar-refractivity contribution in [2.24, 2.45) is 0 Å². The number of aryl methyl sites for hydroxylation is 1. The molecule has 0 unspecified atom stereocenters. The lowest BCUT2D eigenvalue weighted by molar-refractivity contribution is 0.0765. The first kappa shape index (κ1) is 19.2. The molecular weight excluding hydrogens is 360 g/mol. The SMILES string of the molecule is Cc1ccc([C@@H](c2nnnn2C2CCCC2)N2CCN(C3CCCC3)CC2)cc1. The van der Waals surface area contributed by atoms with Crippen molar-refractivity contribution in [1.82, 2.24) is 30.0 Å². The zero-order chi connectivity index (χ0) is 19.6. The predicted octanol–water partition coefficient (Wildman–Crippen LogP) is 3.75. The smallest absolute Gasteiger partial charge is 0.173 e. The Labute approximate surface area is 174 Å². The summed E-state index contributed by atoms with van der Waals surface area (Å²) in [6, 6.07) is 10.4. The lowest BCUT2D eigenvalue weighted by atomic mass is 10.0. The summed E-state index contributed by atoms with van der Waals surface area (Å²) in [4.78, 5) is 5.35. The molecule has 6 heteroatoms. The van der Waals surface area contributed by atoms with Crippen molar-refractivity contribution in [2.45, 2.75) is 76.4 Å². The maximum Gasteiger partial charge on any atom is 0.173 e. The molecule has 2 aromatic rings. The van der Waals surface area contributed by atoms with E-state index < -0.39 is 0 Å². The Balaban J connectivity index is 1.41. The van der Waals surface area contributed by atoms with E-state index in [0.29, 0.717) is 6.04 Å². The van der Waals surface area contributed by atoms with Crippen LogP contribution in [0.5, 0.6) is 0 Å². The van der Waals surface area contributed by atoms with Gasteiger partial charge in [0.15, 0.2) is 5.82 Å². The molecule has 0 amide bonds. The summed E-state index contributed by atoms with van der Waals surface area (Å²) < 4.78 is 2.15. The number of rotatable bonds is 5. The van der Waals surface area contributed by atoms with Crippen LogP contribution in [-0.2, 0) is 0 Å². The van der Waals surface area contributed by atoms with Crippen LogP contribution >= 0.6 is 0 Å². The molecule has 0 N–H and O–H groups in total. The highest BCUT2D eigenvalue weighted by Gasteiger charge is 2.34. The number of piperazine rings is 1. The fourth-order valence-corrected chi connectivity index (χ4v) is 5.69. The summed E-state index contributed by atoms with van der Waals surface area (Å²) in [5.74, 6) is 1.04. The van der Waals surface area contributed by atoms with Gasteiger partial charge in [-0.2, -0.15) is 0 Å². The van der Waals surface area contributed by atoms with Crippen LogP contribution in [0.15, 0.2) is 24.3 Å². The van der Waals surface area contributed by atoms with Crippen LogP contribution in [0.4, 0.5) is 0 Å². The summed E-state index contributed by atoms with van der Waals surface area (Å²) in [5, 5.41) is 13.2. The van der Waals surface area contributed by atoms with E-state index in [4.69, 9.17) is 0 Å². The van der Waals surface area contributed by atoms with E-state index in [2.05, 4.69) is 61.2 Å². The van der Waals surface area contributed by atoms with E-state index in [1.807, 2.05) is 0 Å². The van der Waals surface area contributed by atoms with E-state index in [0.717, 1.165) is 38.0 Å². The maximum atomic E-state index is 4.58. The topological polar surface area (TPSA) is 50.1 Å². The van der Waals surface area contributed by atoms with Crippen molar-refractivity contribution in [3.8, 4) is 0 Å². The first-order valence-corrected chi connectivity index (χ1v) is 11.6. The van der Waals surface area contributed by atoms with Gasteiger partial charge in [-0.1, -0.05) is 55.5 Å². The molecule has 0 radical (unpaired) electrons. The van der Waals surface area contributed by atoms with Crippen molar-refractivity contribution in [3.05, 3.63) is 41.2 Å². The monoisotopic (exact) mass is 394 g/mol. The average molecular weight is 395 g/mol. The molecule has 2 aliphatic carbocycles.